The van der Waals surface area contributed by atoms with E-state index in [0.29, 0.717) is 13.0 Å². The lowest BCUT2D eigenvalue weighted by Crippen LogP contribution is -2.57. The van der Waals surface area contributed by atoms with Gasteiger partial charge in [-0.1, -0.05) is 45.0 Å². The van der Waals surface area contributed by atoms with Crippen molar-refractivity contribution in [3.05, 3.63) is 69.5 Å². The van der Waals surface area contributed by atoms with Crippen molar-refractivity contribution in [2.45, 2.75) is 65.6 Å². The van der Waals surface area contributed by atoms with Crippen molar-refractivity contribution < 1.29 is 14.4 Å². The van der Waals surface area contributed by atoms with E-state index in [-0.39, 0.29) is 23.6 Å². The van der Waals surface area contributed by atoms with Gasteiger partial charge in [-0.2, -0.15) is 0 Å². The predicted octanol–water partition coefficient (Wildman–Crippen LogP) is 5.29. The van der Waals surface area contributed by atoms with Gasteiger partial charge >= 0.3 is 0 Å². The number of hydrogen-bond donors (Lipinski definition) is 2. The minimum atomic E-state index is -0.816. The summed E-state index contributed by atoms with van der Waals surface area (Å²) >= 11 is 4.92. The fourth-order valence-corrected chi connectivity index (χ4v) is 5.77. The smallest absolute Gasteiger partial charge is 0.270 e. The number of halogens is 1. The first-order valence-electron chi connectivity index (χ1n) is 13.0. The van der Waals surface area contributed by atoms with Gasteiger partial charge in [0, 0.05) is 17.2 Å². The lowest BCUT2D eigenvalue weighted by Gasteiger charge is -2.35. The van der Waals surface area contributed by atoms with Crippen LogP contribution in [0, 0.1) is 12.3 Å². The molecule has 3 amide bonds. The molecule has 1 unspecified atom stereocenters. The molecule has 0 spiro atoms. The molecule has 1 aliphatic heterocycles. The molecule has 1 aliphatic rings. The maximum Gasteiger partial charge on any atom is 0.270 e. The number of nitrogens with zero attached hydrogens (tertiary/aromatic N) is 3. The van der Waals surface area contributed by atoms with E-state index in [0.717, 1.165) is 32.6 Å². The maximum absolute atomic E-state index is 13.8. The Labute approximate surface area is 241 Å². The van der Waals surface area contributed by atoms with Crippen LogP contribution in [0.15, 0.2) is 52.6 Å². The number of likely N-dealkylation sites (tertiary alicyclic amines) is 1. The van der Waals surface area contributed by atoms with Gasteiger partial charge in [-0.25, -0.2) is 9.97 Å². The number of aryl methyl sites for hydroxylation is 1. The molecule has 1 fully saturated rings. The van der Waals surface area contributed by atoms with Gasteiger partial charge in [0.1, 0.15) is 17.8 Å². The van der Waals surface area contributed by atoms with Crippen LogP contribution >= 0.6 is 27.3 Å². The number of rotatable bonds is 7. The second-order valence-corrected chi connectivity index (χ2v) is 12.7. The fraction of sp³-hybridized carbons (Fsp3) is 0.414. The Morgan fingerprint density at radius 3 is 2.38 bits per heavy atom. The quantitative estimate of drug-likeness (QED) is 0.378. The topological polar surface area (TPSA) is 104 Å². The highest BCUT2D eigenvalue weighted by atomic mass is 79.9. The molecule has 0 radical (unpaired) electrons. The molecule has 206 valence electrons. The molecule has 2 aromatic heterocycles. The monoisotopic (exact) mass is 611 g/mol. The van der Waals surface area contributed by atoms with Gasteiger partial charge in [0.15, 0.2) is 0 Å². The van der Waals surface area contributed by atoms with Crippen LogP contribution in [0.5, 0.6) is 0 Å². The van der Waals surface area contributed by atoms with Crippen molar-refractivity contribution in [1.82, 2.24) is 25.5 Å². The number of carbonyl (C=O) groups excluding carboxylic acids is 3. The average Bonchev–Trinajstić information content (AvgIpc) is 3.56. The van der Waals surface area contributed by atoms with Gasteiger partial charge in [0.2, 0.25) is 11.8 Å². The van der Waals surface area contributed by atoms with Crippen molar-refractivity contribution >= 4 is 45.0 Å². The average molecular weight is 613 g/mol. The van der Waals surface area contributed by atoms with E-state index in [4.69, 9.17) is 0 Å². The van der Waals surface area contributed by atoms with Crippen LogP contribution in [-0.2, 0) is 9.59 Å². The van der Waals surface area contributed by atoms with Crippen LogP contribution in [0.25, 0.3) is 10.4 Å². The Morgan fingerprint density at radius 2 is 1.79 bits per heavy atom. The first kappa shape index (κ1) is 28.9. The lowest BCUT2D eigenvalue weighted by molar-refractivity contribution is -0.142. The third kappa shape index (κ3) is 6.73. The van der Waals surface area contributed by atoms with E-state index in [1.807, 2.05) is 64.4 Å². The molecule has 2 N–H and O–H groups in total. The summed E-state index contributed by atoms with van der Waals surface area (Å²) in [5.74, 6) is -0.881. The summed E-state index contributed by atoms with van der Waals surface area (Å²) in [4.78, 5) is 51.3. The standard InChI is InChI=1S/C29H34BrN5O3S/c1-17(19-8-10-20(11-9-19)24-18(2)32-16-39-24)33-27(37)23-7-6-14-35(23)28(38)25(29(3,4)5)34-26(36)22-13-12-21(30)15-31-22/h8-13,15-17,23,25H,6-7,14H2,1-5H3,(H,33,37)(H,34,36)/t17-,23-,25?/m0/s1. The van der Waals surface area contributed by atoms with E-state index in [2.05, 4.69) is 36.5 Å². The lowest BCUT2D eigenvalue weighted by atomic mass is 9.85. The highest BCUT2D eigenvalue weighted by Gasteiger charge is 2.42. The second-order valence-electron chi connectivity index (χ2n) is 10.9. The van der Waals surface area contributed by atoms with Gasteiger partial charge in [0.25, 0.3) is 5.91 Å². The Bertz CT molecular complexity index is 1330. The molecule has 4 rings (SSSR count). The van der Waals surface area contributed by atoms with Gasteiger partial charge in [0.05, 0.1) is 22.1 Å². The molecule has 3 heterocycles. The molecule has 39 heavy (non-hydrogen) atoms. The Kier molecular flexibility index (Phi) is 8.86. The third-order valence-corrected chi connectivity index (χ3v) is 8.41. The number of thiazole rings is 1. The van der Waals surface area contributed by atoms with Gasteiger partial charge < -0.3 is 15.5 Å². The molecule has 3 atom stereocenters. The molecule has 10 heteroatoms. The summed E-state index contributed by atoms with van der Waals surface area (Å²) in [6.07, 6.45) is 2.84. The number of pyridine rings is 1. The fourth-order valence-electron chi connectivity index (χ4n) is 4.73. The number of carbonyl (C=O) groups is 3. The second kappa shape index (κ2) is 12.0. The van der Waals surface area contributed by atoms with Crippen molar-refractivity contribution in [2.75, 3.05) is 6.54 Å². The molecule has 3 aromatic rings. The summed E-state index contributed by atoms with van der Waals surface area (Å²) in [6.45, 7) is 10.1. The van der Waals surface area contributed by atoms with Gasteiger partial charge in [-0.05, 0) is 71.3 Å². The Hall–Kier alpha value is -3.11. The largest absolute Gasteiger partial charge is 0.348 e. The van der Waals surface area contributed by atoms with E-state index in [1.54, 1.807) is 34.6 Å². The molecular weight excluding hydrogens is 578 g/mol. The van der Waals surface area contributed by atoms with E-state index in [1.165, 1.54) is 0 Å². The molecule has 1 saturated heterocycles. The normalized spacial score (nSPS) is 17.0. The van der Waals surface area contributed by atoms with Crippen LogP contribution in [0.1, 0.15) is 68.3 Å². The van der Waals surface area contributed by atoms with Crippen molar-refractivity contribution in [1.29, 1.82) is 0 Å². The van der Waals surface area contributed by atoms with Crippen LogP contribution in [-0.4, -0.2) is 51.2 Å². The van der Waals surface area contributed by atoms with Crippen molar-refractivity contribution in [2.24, 2.45) is 5.41 Å². The summed E-state index contributed by atoms with van der Waals surface area (Å²) in [6, 6.07) is 9.80. The van der Waals surface area contributed by atoms with E-state index in [9.17, 15) is 14.4 Å². The number of hydrogen-bond acceptors (Lipinski definition) is 6. The molecular formula is C29H34BrN5O3S. The highest BCUT2D eigenvalue weighted by molar-refractivity contribution is 9.10. The highest BCUT2D eigenvalue weighted by Crippen LogP contribution is 2.29. The Morgan fingerprint density at radius 1 is 1.08 bits per heavy atom. The minimum absolute atomic E-state index is 0.190. The summed E-state index contributed by atoms with van der Waals surface area (Å²) in [5, 5.41) is 5.97. The summed E-state index contributed by atoms with van der Waals surface area (Å²) < 4.78 is 0.758. The van der Waals surface area contributed by atoms with E-state index >= 15 is 0 Å². The van der Waals surface area contributed by atoms with Gasteiger partial charge in [-0.15, -0.1) is 11.3 Å². The van der Waals surface area contributed by atoms with Crippen LogP contribution in [0.3, 0.4) is 0 Å². The predicted molar refractivity (Wildman–Crippen MR) is 156 cm³/mol. The number of amides is 3. The molecule has 0 aliphatic carbocycles. The molecule has 8 nitrogen and oxygen atoms in total. The third-order valence-electron chi connectivity index (χ3n) is 6.96. The van der Waals surface area contributed by atoms with E-state index < -0.39 is 23.4 Å². The number of nitrogens with one attached hydrogen (secondary N) is 2. The minimum Gasteiger partial charge on any atom is -0.348 e. The molecule has 1 aromatic carbocycles. The summed E-state index contributed by atoms with van der Waals surface area (Å²) in [7, 11) is 0. The molecule has 0 saturated carbocycles. The van der Waals surface area contributed by atoms with Crippen LogP contribution in [0.2, 0.25) is 0 Å². The van der Waals surface area contributed by atoms with Crippen LogP contribution < -0.4 is 10.6 Å². The van der Waals surface area contributed by atoms with Crippen molar-refractivity contribution in [3.63, 3.8) is 0 Å². The Balaban J connectivity index is 1.44. The first-order chi connectivity index (χ1) is 18.5. The molecule has 0 bridgehead atoms. The van der Waals surface area contributed by atoms with Gasteiger partial charge in [-0.3, -0.25) is 14.4 Å². The zero-order chi connectivity index (χ0) is 28.3. The number of aromatic nitrogens is 2. The van der Waals surface area contributed by atoms with Crippen LogP contribution in [0.4, 0.5) is 0 Å². The zero-order valence-electron chi connectivity index (χ0n) is 22.8. The summed E-state index contributed by atoms with van der Waals surface area (Å²) in [5.41, 5.74) is 4.56. The van der Waals surface area contributed by atoms with Crippen molar-refractivity contribution in [3.8, 4) is 10.4 Å². The zero-order valence-corrected chi connectivity index (χ0v) is 25.2. The maximum atomic E-state index is 13.8. The SMILES string of the molecule is Cc1ncsc1-c1ccc([C@H](C)NC(=O)[C@@H]2CCCN2C(=O)C(NC(=O)c2ccc(Br)cn2)C(C)(C)C)cc1. The first-order valence-corrected chi connectivity index (χ1v) is 14.7. The number of benzene rings is 1.